The molecule has 118 valence electrons. The molecule has 24 heavy (non-hydrogen) atoms. The van der Waals surface area contributed by atoms with Crippen molar-refractivity contribution in [1.29, 1.82) is 0 Å². The van der Waals surface area contributed by atoms with E-state index in [1.807, 2.05) is 36.4 Å². The zero-order chi connectivity index (χ0) is 16.5. The molecule has 3 aromatic heterocycles. The van der Waals surface area contributed by atoms with Crippen LogP contribution in [0, 0.1) is 0 Å². The van der Waals surface area contributed by atoms with Crippen molar-refractivity contribution in [3.63, 3.8) is 0 Å². The molecule has 0 amide bonds. The van der Waals surface area contributed by atoms with Crippen molar-refractivity contribution < 1.29 is 4.74 Å². The summed E-state index contributed by atoms with van der Waals surface area (Å²) in [5, 5.41) is 4.33. The number of hydrogen-bond donors (Lipinski definition) is 0. The summed E-state index contributed by atoms with van der Waals surface area (Å²) in [4.78, 5) is 21.5. The smallest absolute Gasteiger partial charge is 0.291 e. The molecular weight excluding hydrogens is 324 g/mol. The molecule has 0 atom stereocenters. The van der Waals surface area contributed by atoms with Crippen LogP contribution in [0.2, 0.25) is 0 Å². The second-order valence-corrected chi connectivity index (χ2v) is 6.07. The summed E-state index contributed by atoms with van der Waals surface area (Å²) in [5.41, 5.74) is 1.53. The summed E-state index contributed by atoms with van der Waals surface area (Å²) in [5.74, 6) is 1.28. The van der Waals surface area contributed by atoms with Crippen LogP contribution >= 0.6 is 11.3 Å². The second kappa shape index (κ2) is 5.86. The maximum atomic E-state index is 12.5. The minimum atomic E-state index is -0.175. The molecule has 0 aliphatic carbocycles. The van der Waals surface area contributed by atoms with E-state index in [4.69, 9.17) is 4.74 Å². The maximum Gasteiger partial charge on any atom is 0.291 e. The Morgan fingerprint density at radius 3 is 2.71 bits per heavy atom. The van der Waals surface area contributed by atoms with Gasteiger partial charge in [0.15, 0.2) is 5.82 Å². The van der Waals surface area contributed by atoms with Crippen LogP contribution in [-0.2, 0) is 0 Å². The van der Waals surface area contributed by atoms with Gasteiger partial charge in [-0.1, -0.05) is 17.4 Å². The van der Waals surface area contributed by atoms with Gasteiger partial charge in [0.2, 0.25) is 4.96 Å². The number of thiazole rings is 1. The molecule has 0 fully saturated rings. The molecule has 0 unspecified atom stereocenters. The highest BCUT2D eigenvalue weighted by atomic mass is 32.1. The molecule has 0 aliphatic rings. The summed E-state index contributed by atoms with van der Waals surface area (Å²) in [6.45, 7) is 0. The van der Waals surface area contributed by atoms with Crippen LogP contribution in [0.5, 0.6) is 5.75 Å². The average Bonchev–Trinajstić information content (AvgIpc) is 3.16. The first-order valence-corrected chi connectivity index (χ1v) is 8.02. The Balaban J connectivity index is 1.78. The van der Waals surface area contributed by atoms with E-state index < -0.39 is 0 Å². The number of hydrogen-bond acceptors (Lipinski definition) is 6. The molecule has 0 spiro atoms. The lowest BCUT2D eigenvalue weighted by atomic mass is 10.2. The third-order valence-electron chi connectivity index (χ3n) is 3.51. The fraction of sp³-hybridized carbons (Fsp3) is 0.0588. The van der Waals surface area contributed by atoms with Crippen molar-refractivity contribution in [2.45, 2.75) is 0 Å². The Hall–Kier alpha value is -3.06. The predicted molar refractivity (Wildman–Crippen MR) is 92.1 cm³/mol. The minimum Gasteiger partial charge on any atom is -0.497 e. The Kier molecular flexibility index (Phi) is 3.55. The first kappa shape index (κ1) is 14.5. The predicted octanol–water partition coefficient (Wildman–Crippen LogP) is 1.77. The number of rotatable bonds is 3. The van der Waals surface area contributed by atoms with Crippen molar-refractivity contribution >= 4 is 22.4 Å². The van der Waals surface area contributed by atoms with Crippen LogP contribution in [0.15, 0.2) is 53.6 Å². The monoisotopic (exact) mass is 336 g/mol. The number of pyridine rings is 1. The van der Waals surface area contributed by atoms with Gasteiger partial charge < -0.3 is 4.74 Å². The van der Waals surface area contributed by atoms with Crippen molar-refractivity contribution in [3.8, 4) is 17.1 Å². The maximum absolute atomic E-state index is 12.5. The van der Waals surface area contributed by atoms with E-state index in [1.165, 1.54) is 15.9 Å². The summed E-state index contributed by atoms with van der Waals surface area (Å²) in [7, 11) is 1.61. The second-order valence-electron chi connectivity index (χ2n) is 5.06. The molecule has 0 saturated carbocycles. The van der Waals surface area contributed by atoms with Crippen LogP contribution < -0.4 is 14.8 Å². The average molecular weight is 336 g/mol. The lowest BCUT2D eigenvalue weighted by Gasteiger charge is -1.99. The third kappa shape index (κ3) is 2.55. The number of methoxy groups -OCH3 is 1. The molecule has 3 heterocycles. The summed E-state index contributed by atoms with van der Waals surface area (Å²) >= 11 is 1.31. The van der Waals surface area contributed by atoms with Crippen molar-refractivity contribution in [2.75, 3.05) is 7.11 Å². The molecule has 4 rings (SSSR count). The summed E-state index contributed by atoms with van der Waals surface area (Å²) < 4.78 is 7.06. The van der Waals surface area contributed by atoms with E-state index >= 15 is 0 Å². The molecule has 0 N–H and O–H groups in total. The standard InChI is InChI=1S/C17H12N4O2S/c1-23-13-6-4-12(5-7-13)15-19-17-21(20-15)16(22)14(24-17)9-11-3-2-8-18-10-11/h2-10H,1H3. The SMILES string of the molecule is COc1ccc(-c2nc3sc(=Cc4cccnc4)c(=O)n3n2)cc1. The van der Waals surface area contributed by atoms with Gasteiger partial charge in [-0.25, -0.2) is 0 Å². The highest BCUT2D eigenvalue weighted by Crippen LogP contribution is 2.20. The molecule has 6 nitrogen and oxygen atoms in total. The summed E-state index contributed by atoms with van der Waals surface area (Å²) in [6.07, 6.45) is 5.20. The molecule has 4 aromatic rings. The fourth-order valence-corrected chi connectivity index (χ4v) is 3.22. The van der Waals surface area contributed by atoms with Crippen LogP contribution in [0.1, 0.15) is 5.56 Å². The first-order chi connectivity index (χ1) is 11.7. The van der Waals surface area contributed by atoms with Gasteiger partial charge in [0.05, 0.1) is 11.6 Å². The lowest BCUT2D eigenvalue weighted by molar-refractivity contribution is 0.415. The molecule has 0 radical (unpaired) electrons. The quantitative estimate of drug-likeness (QED) is 0.570. The van der Waals surface area contributed by atoms with Crippen LogP contribution in [0.25, 0.3) is 22.4 Å². The van der Waals surface area contributed by atoms with E-state index in [2.05, 4.69) is 15.1 Å². The number of nitrogens with zero attached hydrogens (tertiary/aromatic N) is 4. The number of fused-ring (bicyclic) bond motifs is 1. The fourth-order valence-electron chi connectivity index (χ4n) is 2.31. The van der Waals surface area contributed by atoms with Crippen molar-refractivity contribution in [3.05, 3.63) is 69.2 Å². The largest absolute Gasteiger partial charge is 0.497 e. The van der Waals surface area contributed by atoms with Gasteiger partial charge in [-0.2, -0.15) is 9.50 Å². The topological polar surface area (TPSA) is 69.4 Å². The Bertz CT molecular complexity index is 1100. The normalized spacial score (nSPS) is 12.0. The Morgan fingerprint density at radius 1 is 1.21 bits per heavy atom. The number of ether oxygens (including phenoxy) is 1. The number of benzene rings is 1. The van der Waals surface area contributed by atoms with Gasteiger partial charge in [0.1, 0.15) is 5.75 Å². The van der Waals surface area contributed by atoms with Gasteiger partial charge in [-0.05, 0) is 42.0 Å². The first-order valence-electron chi connectivity index (χ1n) is 7.20. The number of aromatic nitrogens is 4. The molecular formula is C17H12N4O2S. The Labute approximate surface area is 140 Å². The van der Waals surface area contributed by atoms with E-state index in [0.717, 1.165) is 16.9 Å². The highest BCUT2D eigenvalue weighted by Gasteiger charge is 2.12. The van der Waals surface area contributed by atoms with Gasteiger partial charge in [0.25, 0.3) is 5.56 Å². The molecule has 0 aliphatic heterocycles. The lowest BCUT2D eigenvalue weighted by Crippen LogP contribution is -2.23. The van der Waals surface area contributed by atoms with Gasteiger partial charge in [0, 0.05) is 18.0 Å². The minimum absolute atomic E-state index is 0.175. The highest BCUT2D eigenvalue weighted by molar-refractivity contribution is 7.15. The van der Waals surface area contributed by atoms with Crippen LogP contribution in [-0.4, -0.2) is 26.7 Å². The molecule has 0 bridgehead atoms. The van der Waals surface area contributed by atoms with Crippen molar-refractivity contribution in [1.82, 2.24) is 19.6 Å². The van der Waals surface area contributed by atoms with E-state index in [0.29, 0.717) is 15.3 Å². The third-order valence-corrected chi connectivity index (χ3v) is 4.47. The van der Waals surface area contributed by atoms with Crippen molar-refractivity contribution in [2.24, 2.45) is 0 Å². The molecule has 0 saturated heterocycles. The zero-order valence-corrected chi connectivity index (χ0v) is 13.5. The molecule has 7 heteroatoms. The molecule has 1 aromatic carbocycles. The Morgan fingerprint density at radius 2 is 2.04 bits per heavy atom. The summed E-state index contributed by atoms with van der Waals surface area (Å²) in [6, 6.07) is 11.1. The van der Waals surface area contributed by atoms with E-state index in [-0.39, 0.29) is 5.56 Å². The van der Waals surface area contributed by atoms with E-state index in [1.54, 1.807) is 25.6 Å². The van der Waals surface area contributed by atoms with Gasteiger partial charge in [-0.3, -0.25) is 9.78 Å². The van der Waals surface area contributed by atoms with Gasteiger partial charge in [-0.15, -0.1) is 5.10 Å². The van der Waals surface area contributed by atoms with E-state index in [9.17, 15) is 4.79 Å². The van der Waals surface area contributed by atoms with Crippen LogP contribution in [0.3, 0.4) is 0 Å². The van der Waals surface area contributed by atoms with Crippen LogP contribution in [0.4, 0.5) is 0 Å². The zero-order valence-electron chi connectivity index (χ0n) is 12.7. The van der Waals surface area contributed by atoms with Gasteiger partial charge >= 0.3 is 0 Å².